The van der Waals surface area contributed by atoms with Gasteiger partial charge in [0.15, 0.2) is 0 Å². The largest absolute Gasteiger partial charge is 0.307 e. The van der Waals surface area contributed by atoms with Crippen molar-refractivity contribution in [2.75, 3.05) is 0 Å². The summed E-state index contributed by atoms with van der Waals surface area (Å²) in [6, 6.07) is 8.03. The predicted octanol–water partition coefficient (Wildman–Crippen LogP) is 4.99. The van der Waals surface area contributed by atoms with E-state index in [0.717, 1.165) is 5.92 Å². The van der Waals surface area contributed by atoms with Gasteiger partial charge in [-0.15, -0.1) is 0 Å². The molecule has 2 aliphatic carbocycles. The van der Waals surface area contributed by atoms with E-state index < -0.39 is 0 Å². The molecule has 0 amide bonds. The normalized spacial score (nSPS) is 25.3. The maximum absolute atomic E-state index is 3.91. The number of hydrogen-bond acceptors (Lipinski definition) is 1. The Morgan fingerprint density at radius 3 is 2.74 bits per heavy atom. The summed E-state index contributed by atoms with van der Waals surface area (Å²) in [5.74, 6) is 0.897. The zero-order valence-corrected chi connectivity index (χ0v) is 13.4. The Bertz CT molecular complexity index is 437. The van der Waals surface area contributed by atoms with Crippen LogP contribution in [0.5, 0.6) is 0 Å². The van der Waals surface area contributed by atoms with Gasteiger partial charge in [-0.2, -0.15) is 0 Å². The predicted molar refractivity (Wildman–Crippen MR) is 84.4 cm³/mol. The van der Waals surface area contributed by atoms with Gasteiger partial charge in [0, 0.05) is 16.6 Å². The molecule has 1 N–H and O–H groups in total. The summed E-state index contributed by atoms with van der Waals surface area (Å²) in [4.78, 5) is 0. The van der Waals surface area contributed by atoms with Crippen molar-refractivity contribution in [3.05, 3.63) is 33.8 Å². The number of aryl methyl sites for hydroxylation is 1. The molecule has 1 unspecified atom stereocenters. The summed E-state index contributed by atoms with van der Waals surface area (Å²) in [6.07, 6.45) is 9.66. The fraction of sp³-hybridized carbons (Fsp3) is 0.647. The molecule has 2 aliphatic rings. The van der Waals surface area contributed by atoms with Crippen LogP contribution in [0.1, 0.15) is 62.6 Å². The summed E-state index contributed by atoms with van der Waals surface area (Å²) in [5, 5.41) is 3.91. The molecule has 2 heteroatoms. The first kappa shape index (κ1) is 13.6. The van der Waals surface area contributed by atoms with E-state index in [1.807, 2.05) is 0 Å². The first-order chi connectivity index (χ1) is 9.24. The molecule has 3 rings (SSSR count). The van der Waals surface area contributed by atoms with Gasteiger partial charge in [0.05, 0.1) is 0 Å². The van der Waals surface area contributed by atoms with Crippen molar-refractivity contribution < 1.29 is 0 Å². The third-order valence-corrected chi connectivity index (χ3v) is 5.50. The van der Waals surface area contributed by atoms with Crippen molar-refractivity contribution in [2.45, 2.75) is 64.0 Å². The number of hydrogen-bond donors (Lipinski definition) is 1. The lowest BCUT2D eigenvalue weighted by Crippen LogP contribution is -2.36. The lowest BCUT2D eigenvalue weighted by atomic mass is 9.84. The van der Waals surface area contributed by atoms with E-state index in [1.165, 1.54) is 60.5 Å². The van der Waals surface area contributed by atoms with Gasteiger partial charge in [-0.1, -0.05) is 41.3 Å². The average Bonchev–Trinajstić information content (AvgIpc) is 2.82. The Labute approximate surface area is 125 Å². The Morgan fingerprint density at radius 2 is 1.95 bits per heavy atom. The minimum Gasteiger partial charge on any atom is -0.307 e. The second-order valence-corrected chi connectivity index (χ2v) is 7.20. The van der Waals surface area contributed by atoms with E-state index in [4.69, 9.17) is 0 Å². The summed E-state index contributed by atoms with van der Waals surface area (Å²) in [7, 11) is 0. The second kappa shape index (κ2) is 5.97. The molecule has 0 saturated heterocycles. The van der Waals surface area contributed by atoms with Crippen LogP contribution in [0.2, 0.25) is 0 Å². The van der Waals surface area contributed by atoms with Gasteiger partial charge in [-0.25, -0.2) is 0 Å². The van der Waals surface area contributed by atoms with Crippen LogP contribution in [-0.2, 0) is 6.42 Å². The van der Waals surface area contributed by atoms with Gasteiger partial charge >= 0.3 is 0 Å². The van der Waals surface area contributed by atoms with E-state index in [9.17, 15) is 0 Å². The standard InChI is InChI=1S/C17H24BrN/c1-12(13-5-3-2-4-6-13)19-17-10-7-14-11-15(18)8-9-16(14)17/h8-9,11-13,17,19H,2-7,10H2,1H3/t12-,17?/m1/s1. The van der Waals surface area contributed by atoms with Crippen LogP contribution < -0.4 is 5.32 Å². The third kappa shape index (κ3) is 3.05. The molecule has 19 heavy (non-hydrogen) atoms. The van der Waals surface area contributed by atoms with E-state index in [2.05, 4.69) is 46.4 Å². The molecule has 1 aromatic carbocycles. The third-order valence-electron chi connectivity index (χ3n) is 5.00. The van der Waals surface area contributed by atoms with Crippen LogP contribution in [0, 0.1) is 5.92 Å². The number of halogens is 1. The van der Waals surface area contributed by atoms with Crippen molar-refractivity contribution in [3.63, 3.8) is 0 Å². The van der Waals surface area contributed by atoms with Gasteiger partial charge < -0.3 is 5.32 Å². The van der Waals surface area contributed by atoms with Gasteiger partial charge in [0.2, 0.25) is 0 Å². The Hall–Kier alpha value is -0.340. The maximum Gasteiger partial charge on any atom is 0.0328 e. The fourth-order valence-corrected chi connectivity index (χ4v) is 4.26. The molecule has 0 bridgehead atoms. The molecule has 0 aromatic heterocycles. The fourth-order valence-electron chi connectivity index (χ4n) is 3.85. The smallest absolute Gasteiger partial charge is 0.0328 e. The van der Waals surface area contributed by atoms with Crippen LogP contribution in [-0.4, -0.2) is 6.04 Å². The number of nitrogens with one attached hydrogen (secondary N) is 1. The Balaban J connectivity index is 1.65. The van der Waals surface area contributed by atoms with E-state index in [-0.39, 0.29) is 0 Å². The zero-order chi connectivity index (χ0) is 13.2. The highest BCUT2D eigenvalue weighted by Crippen LogP contribution is 2.35. The average molecular weight is 322 g/mol. The highest BCUT2D eigenvalue weighted by atomic mass is 79.9. The lowest BCUT2D eigenvalue weighted by Gasteiger charge is -2.31. The topological polar surface area (TPSA) is 12.0 Å². The van der Waals surface area contributed by atoms with E-state index in [1.54, 1.807) is 0 Å². The van der Waals surface area contributed by atoms with E-state index in [0.29, 0.717) is 12.1 Å². The van der Waals surface area contributed by atoms with Crippen molar-refractivity contribution in [3.8, 4) is 0 Å². The van der Waals surface area contributed by atoms with Gasteiger partial charge in [0.1, 0.15) is 0 Å². The summed E-state index contributed by atoms with van der Waals surface area (Å²) >= 11 is 3.58. The molecule has 1 nitrogen and oxygen atoms in total. The van der Waals surface area contributed by atoms with Crippen LogP contribution >= 0.6 is 15.9 Å². The molecule has 0 aliphatic heterocycles. The van der Waals surface area contributed by atoms with Crippen molar-refractivity contribution >= 4 is 15.9 Å². The van der Waals surface area contributed by atoms with Crippen molar-refractivity contribution in [1.29, 1.82) is 0 Å². The van der Waals surface area contributed by atoms with Crippen molar-refractivity contribution in [1.82, 2.24) is 5.32 Å². The summed E-state index contributed by atoms with van der Waals surface area (Å²) < 4.78 is 1.22. The lowest BCUT2D eigenvalue weighted by molar-refractivity contribution is 0.264. The SMILES string of the molecule is C[C@@H](NC1CCc2cc(Br)ccc21)C1CCCCC1. The first-order valence-electron chi connectivity index (χ1n) is 7.78. The minimum atomic E-state index is 0.583. The minimum absolute atomic E-state index is 0.583. The summed E-state index contributed by atoms with van der Waals surface area (Å²) in [5.41, 5.74) is 3.06. The molecular weight excluding hydrogens is 298 g/mol. The van der Waals surface area contributed by atoms with Gasteiger partial charge in [-0.05, 0) is 61.8 Å². The molecule has 2 atom stereocenters. The number of rotatable bonds is 3. The molecular formula is C17H24BrN. The van der Waals surface area contributed by atoms with Crippen molar-refractivity contribution in [2.24, 2.45) is 5.92 Å². The first-order valence-corrected chi connectivity index (χ1v) is 8.58. The zero-order valence-electron chi connectivity index (χ0n) is 11.8. The maximum atomic E-state index is 3.91. The number of benzene rings is 1. The molecule has 1 saturated carbocycles. The highest BCUT2D eigenvalue weighted by molar-refractivity contribution is 9.10. The van der Waals surface area contributed by atoms with Crippen LogP contribution in [0.4, 0.5) is 0 Å². The molecule has 1 fully saturated rings. The monoisotopic (exact) mass is 321 g/mol. The molecule has 0 heterocycles. The second-order valence-electron chi connectivity index (χ2n) is 6.29. The van der Waals surface area contributed by atoms with Crippen LogP contribution in [0.15, 0.2) is 22.7 Å². The van der Waals surface area contributed by atoms with Crippen LogP contribution in [0.3, 0.4) is 0 Å². The Morgan fingerprint density at radius 1 is 1.16 bits per heavy atom. The van der Waals surface area contributed by atoms with E-state index >= 15 is 0 Å². The molecule has 0 radical (unpaired) electrons. The molecule has 1 aromatic rings. The Kier molecular flexibility index (Phi) is 4.28. The summed E-state index contributed by atoms with van der Waals surface area (Å²) in [6.45, 7) is 2.40. The van der Waals surface area contributed by atoms with Gasteiger partial charge in [-0.3, -0.25) is 0 Å². The van der Waals surface area contributed by atoms with Crippen LogP contribution in [0.25, 0.3) is 0 Å². The molecule has 104 valence electrons. The van der Waals surface area contributed by atoms with Gasteiger partial charge in [0.25, 0.3) is 0 Å². The number of fused-ring (bicyclic) bond motifs is 1. The molecule has 0 spiro atoms. The quantitative estimate of drug-likeness (QED) is 0.826. The highest BCUT2D eigenvalue weighted by Gasteiger charge is 2.27.